The number of piperazine rings is 3. The maximum absolute atomic E-state index is 4.43. The van der Waals surface area contributed by atoms with E-state index in [1.165, 1.54) is 65.1 Å². The van der Waals surface area contributed by atoms with Crippen molar-refractivity contribution < 1.29 is 0 Å². The first-order chi connectivity index (χ1) is 10.8. The molecule has 124 valence electrons. The molecule has 5 rings (SSSR count). The Morgan fingerprint density at radius 3 is 2.45 bits per heavy atom. The maximum Gasteiger partial charge on any atom is 0.191 e. The number of hydrogen-bond acceptors (Lipinski definition) is 4. The summed E-state index contributed by atoms with van der Waals surface area (Å²) in [6.07, 6.45) is 4.07. The number of rotatable bonds is 4. The molecular weight excluding hydrogens is 276 g/mol. The Bertz CT molecular complexity index is 413. The third-order valence-electron chi connectivity index (χ3n) is 5.74. The van der Waals surface area contributed by atoms with Gasteiger partial charge in [0.25, 0.3) is 0 Å². The number of hydrogen-bond donors (Lipinski definition) is 2. The second kappa shape index (κ2) is 6.34. The van der Waals surface area contributed by atoms with E-state index in [1.54, 1.807) is 0 Å². The van der Waals surface area contributed by atoms with E-state index in [0.717, 1.165) is 18.5 Å². The van der Waals surface area contributed by atoms with Gasteiger partial charge >= 0.3 is 0 Å². The van der Waals surface area contributed by atoms with Gasteiger partial charge in [0.2, 0.25) is 0 Å². The lowest BCUT2D eigenvalue weighted by atomic mass is 10.1. The second-order valence-electron chi connectivity index (χ2n) is 7.30. The molecule has 2 N–H and O–H groups in total. The quantitative estimate of drug-likeness (QED) is 0.536. The van der Waals surface area contributed by atoms with Crippen LogP contribution in [0.15, 0.2) is 4.99 Å². The van der Waals surface area contributed by atoms with Crippen LogP contribution in [0.25, 0.3) is 0 Å². The molecule has 2 atom stereocenters. The predicted molar refractivity (Wildman–Crippen MR) is 89.3 cm³/mol. The van der Waals surface area contributed by atoms with E-state index in [1.807, 2.05) is 7.05 Å². The Labute approximate surface area is 133 Å². The van der Waals surface area contributed by atoms with Crippen molar-refractivity contribution in [2.45, 2.75) is 37.4 Å². The number of nitrogens with zero attached hydrogens (tertiary/aromatic N) is 4. The molecule has 4 heterocycles. The third-order valence-corrected chi connectivity index (χ3v) is 5.74. The fraction of sp³-hybridized carbons (Fsp3) is 0.938. The number of likely N-dealkylation sites (tertiary alicyclic amines) is 1. The average molecular weight is 306 g/mol. The Kier molecular flexibility index (Phi) is 4.24. The molecule has 6 heteroatoms. The molecule has 0 aromatic rings. The summed E-state index contributed by atoms with van der Waals surface area (Å²) in [5, 5.41) is 7.19. The summed E-state index contributed by atoms with van der Waals surface area (Å²) in [7, 11) is 1.89. The van der Waals surface area contributed by atoms with Gasteiger partial charge in [0.05, 0.1) is 0 Å². The van der Waals surface area contributed by atoms with E-state index in [9.17, 15) is 0 Å². The minimum Gasteiger partial charge on any atom is -0.355 e. The molecule has 2 unspecified atom stereocenters. The van der Waals surface area contributed by atoms with E-state index in [0.29, 0.717) is 12.1 Å². The monoisotopic (exact) mass is 306 g/mol. The normalized spacial score (nSPS) is 39.2. The first-order valence-corrected chi connectivity index (χ1v) is 8.99. The molecule has 5 aliphatic rings. The smallest absolute Gasteiger partial charge is 0.191 e. The zero-order valence-corrected chi connectivity index (χ0v) is 13.8. The van der Waals surface area contributed by atoms with Gasteiger partial charge in [-0.3, -0.25) is 19.7 Å². The van der Waals surface area contributed by atoms with Crippen LogP contribution in [0.2, 0.25) is 0 Å². The van der Waals surface area contributed by atoms with Crippen LogP contribution in [0.4, 0.5) is 0 Å². The van der Waals surface area contributed by atoms with Gasteiger partial charge in [-0.05, 0) is 19.3 Å². The van der Waals surface area contributed by atoms with Crippen LogP contribution >= 0.6 is 0 Å². The summed E-state index contributed by atoms with van der Waals surface area (Å²) in [5.41, 5.74) is 0. The highest BCUT2D eigenvalue weighted by Gasteiger charge is 2.35. The summed E-state index contributed by atoms with van der Waals surface area (Å²) in [6.45, 7) is 9.64. The van der Waals surface area contributed by atoms with E-state index in [-0.39, 0.29) is 0 Å². The molecule has 22 heavy (non-hydrogen) atoms. The number of fused-ring (bicyclic) bond motifs is 3. The molecule has 6 nitrogen and oxygen atoms in total. The van der Waals surface area contributed by atoms with Crippen LogP contribution in [0.3, 0.4) is 0 Å². The highest BCUT2D eigenvalue weighted by Crippen LogP contribution is 2.29. The van der Waals surface area contributed by atoms with Gasteiger partial charge in [-0.2, -0.15) is 0 Å². The molecule has 1 saturated carbocycles. The van der Waals surface area contributed by atoms with Crippen molar-refractivity contribution in [2.24, 2.45) is 4.99 Å². The fourth-order valence-electron chi connectivity index (χ4n) is 4.20. The van der Waals surface area contributed by atoms with Crippen LogP contribution in [0, 0.1) is 0 Å². The summed E-state index contributed by atoms with van der Waals surface area (Å²) < 4.78 is 0. The Morgan fingerprint density at radius 2 is 1.82 bits per heavy atom. The van der Waals surface area contributed by atoms with Crippen molar-refractivity contribution in [1.29, 1.82) is 0 Å². The second-order valence-corrected chi connectivity index (χ2v) is 7.30. The number of nitrogens with one attached hydrogen (secondary N) is 2. The maximum atomic E-state index is 4.43. The Morgan fingerprint density at radius 1 is 1.00 bits per heavy atom. The molecule has 0 aromatic heterocycles. The standard InChI is InChI=1S/C16H30N6/c1-17-16(19-13-4-5-22(11-13)14-2-3-14)18-10-15-12-20-6-8-21(15)9-7-20/h13-15H,2-12H2,1H3,(H2,17,18,19). The lowest BCUT2D eigenvalue weighted by Gasteiger charge is -2.47. The van der Waals surface area contributed by atoms with Crippen molar-refractivity contribution in [3.05, 3.63) is 0 Å². The zero-order chi connectivity index (χ0) is 14.9. The lowest BCUT2D eigenvalue weighted by Crippen LogP contribution is -2.64. The molecule has 2 bridgehead atoms. The van der Waals surface area contributed by atoms with Crippen LogP contribution in [0.1, 0.15) is 19.3 Å². The molecular formula is C16H30N6. The SMILES string of the molecule is CN=C(NCC1CN2CCN1CC2)NC1CCN(C2CC2)C1. The van der Waals surface area contributed by atoms with Crippen molar-refractivity contribution in [1.82, 2.24) is 25.3 Å². The van der Waals surface area contributed by atoms with Gasteiger partial charge < -0.3 is 10.6 Å². The molecule has 1 aliphatic carbocycles. The molecule has 0 radical (unpaired) electrons. The van der Waals surface area contributed by atoms with Crippen molar-refractivity contribution in [3.8, 4) is 0 Å². The minimum absolute atomic E-state index is 0.568. The van der Waals surface area contributed by atoms with Gasteiger partial charge in [-0.15, -0.1) is 0 Å². The first kappa shape index (κ1) is 14.7. The topological polar surface area (TPSA) is 46.1 Å². The predicted octanol–water partition coefficient (Wildman–Crippen LogP) is -0.612. The number of guanidine groups is 1. The van der Waals surface area contributed by atoms with Crippen LogP contribution in [-0.2, 0) is 0 Å². The van der Waals surface area contributed by atoms with E-state index >= 15 is 0 Å². The van der Waals surface area contributed by atoms with Crippen molar-refractivity contribution >= 4 is 5.96 Å². The molecule has 4 aliphatic heterocycles. The third kappa shape index (κ3) is 3.24. The minimum atomic E-state index is 0.568. The van der Waals surface area contributed by atoms with Gasteiger partial charge in [-0.1, -0.05) is 0 Å². The number of aliphatic imine (C=N–C) groups is 1. The molecule has 5 fully saturated rings. The van der Waals surface area contributed by atoms with Gasteiger partial charge in [0.15, 0.2) is 5.96 Å². The van der Waals surface area contributed by atoms with Crippen molar-refractivity contribution in [3.63, 3.8) is 0 Å². The summed E-state index contributed by atoms with van der Waals surface area (Å²) in [5.74, 6) is 0.986. The Hall–Kier alpha value is -0.850. The average Bonchev–Trinajstić information content (AvgIpc) is 3.32. The fourth-order valence-corrected chi connectivity index (χ4v) is 4.20. The van der Waals surface area contributed by atoms with Crippen LogP contribution in [0.5, 0.6) is 0 Å². The largest absolute Gasteiger partial charge is 0.355 e. The van der Waals surface area contributed by atoms with E-state index in [4.69, 9.17) is 0 Å². The highest BCUT2D eigenvalue weighted by atomic mass is 15.4. The lowest BCUT2D eigenvalue weighted by molar-refractivity contribution is 0.0154. The van der Waals surface area contributed by atoms with Crippen molar-refractivity contribution in [2.75, 3.05) is 59.4 Å². The van der Waals surface area contributed by atoms with Gasteiger partial charge in [-0.25, -0.2) is 0 Å². The molecule has 4 saturated heterocycles. The Balaban J connectivity index is 1.23. The van der Waals surface area contributed by atoms with Gasteiger partial charge in [0, 0.05) is 77.5 Å². The highest BCUT2D eigenvalue weighted by molar-refractivity contribution is 5.80. The van der Waals surface area contributed by atoms with E-state index in [2.05, 4.69) is 30.3 Å². The van der Waals surface area contributed by atoms with E-state index < -0.39 is 0 Å². The molecule has 0 amide bonds. The van der Waals surface area contributed by atoms with Crippen LogP contribution < -0.4 is 10.6 Å². The van der Waals surface area contributed by atoms with Crippen LogP contribution in [-0.4, -0.2) is 98.2 Å². The summed E-state index contributed by atoms with van der Waals surface area (Å²) >= 11 is 0. The summed E-state index contributed by atoms with van der Waals surface area (Å²) in [4.78, 5) is 12.3. The first-order valence-electron chi connectivity index (χ1n) is 8.99. The molecule has 0 aromatic carbocycles. The zero-order valence-electron chi connectivity index (χ0n) is 13.8. The summed E-state index contributed by atoms with van der Waals surface area (Å²) in [6, 6.07) is 2.10. The van der Waals surface area contributed by atoms with Gasteiger partial charge in [0.1, 0.15) is 0 Å². The molecule has 0 spiro atoms.